The average molecular weight is 1010 g/mol. The molecule has 396 valence electrons. The molecular formula is C42H66F4N10O14. The fraction of sp³-hybridized carbons (Fsp3) is 0.738. The number of esters is 1. The fourth-order valence-electron chi connectivity index (χ4n) is 5.43. The number of rotatable bonds is 45. The van der Waals surface area contributed by atoms with Gasteiger partial charge in [-0.3, -0.25) is 24.0 Å². The van der Waals surface area contributed by atoms with Crippen molar-refractivity contribution < 1.29 is 84.2 Å². The van der Waals surface area contributed by atoms with Crippen molar-refractivity contribution in [2.24, 2.45) is 10.2 Å². The smallest absolute Gasteiger partial charge is 0.313 e. The number of hydrogen-bond acceptors (Lipinski definition) is 16. The molecule has 0 saturated heterocycles. The number of carbonyl (C=O) groups excluding carboxylic acids is 5. The van der Waals surface area contributed by atoms with Gasteiger partial charge < -0.3 is 63.9 Å². The van der Waals surface area contributed by atoms with Gasteiger partial charge in [0.15, 0.2) is 17.5 Å². The SMILES string of the molecule is Cc1c(F)c(F)c(F)c(OC(=O)CCOCCOCCOCCOCCNC(=O)[C@H](CCCCNC(=O)CCOCCOCCN=[N+]=[N-])NC(=O)CCCNC(=O)CCOCCOCCN=[N+]=[N-])c1F. The van der Waals surface area contributed by atoms with E-state index in [9.17, 15) is 41.5 Å². The zero-order valence-electron chi connectivity index (χ0n) is 39.5. The fourth-order valence-corrected chi connectivity index (χ4v) is 5.43. The van der Waals surface area contributed by atoms with Crippen LogP contribution in [0.25, 0.3) is 20.9 Å². The van der Waals surface area contributed by atoms with E-state index in [1.807, 2.05) is 0 Å². The normalized spacial score (nSPS) is 11.3. The van der Waals surface area contributed by atoms with E-state index >= 15 is 0 Å². The Labute approximate surface area is 403 Å². The second-order valence-corrected chi connectivity index (χ2v) is 14.5. The number of carbonyl (C=O) groups is 5. The molecule has 1 rings (SSSR count). The second kappa shape index (κ2) is 42.5. The van der Waals surface area contributed by atoms with Crippen LogP contribution in [0.5, 0.6) is 5.75 Å². The first-order valence-corrected chi connectivity index (χ1v) is 22.7. The largest absolute Gasteiger partial charge is 0.420 e. The van der Waals surface area contributed by atoms with Crippen LogP contribution in [0.3, 0.4) is 0 Å². The summed E-state index contributed by atoms with van der Waals surface area (Å²) in [6.45, 7) is 5.10. The molecular weight excluding hydrogens is 945 g/mol. The van der Waals surface area contributed by atoms with Crippen LogP contribution in [0, 0.1) is 30.2 Å². The molecule has 1 aromatic rings. The second-order valence-electron chi connectivity index (χ2n) is 14.5. The lowest BCUT2D eigenvalue weighted by Gasteiger charge is -2.19. The Balaban J connectivity index is 2.31. The molecule has 0 aliphatic heterocycles. The number of halogens is 4. The number of unbranched alkanes of at least 4 members (excludes halogenated alkanes) is 1. The summed E-state index contributed by atoms with van der Waals surface area (Å²) in [5, 5.41) is 17.7. The summed E-state index contributed by atoms with van der Waals surface area (Å²) in [4.78, 5) is 67.4. The third kappa shape index (κ3) is 32.4. The van der Waals surface area contributed by atoms with Gasteiger partial charge in [-0.2, -0.15) is 4.39 Å². The average Bonchev–Trinajstić information content (AvgIpc) is 3.34. The molecule has 0 aliphatic carbocycles. The summed E-state index contributed by atoms with van der Waals surface area (Å²) in [7, 11) is 0. The van der Waals surface area contributed by atoms with E-state index in [1.54, 1.807) is 0 Å². The molecule has 4 amide bonds. The van der Waals surface area contributed by atoms with Crippen molar-refractivity contribution in [1.29, 1.82) is 0 Å². The van der Waals surface area contributed by atoms with E-state index in [4.69, 9.17) is 49.0 Å². The van der Waals surface area contributed by atoms with Gasteiger partial charge in [-0.05, 0) is 43.7 Å². The van der Waals surface area contributed by atoms with Crippen molar-refractivity contribution in [3.63, 3.8) is 0 Å². The maximum absolute atomic E-state index is 14.0. The molecule has 0 aliphatic rings. The zero-order valence-corrected chi connectivity index (χ0v) is 39.5. The summed E-state index contributed by atoms with van der Waals surface area (Å²) in [6, 6.07) is -0.869. The summed E-state index contributed by atoms with van der Waals surface area (Å²) in [6.07, 6.45) is 1.53. The molecule has 0 heterocycles. The molecule has 24 nitrogen and oxygen atoms in total. The zero-order chi connectivity index (χ0) is 51.5. The van der Waals surface area contributed by atoms with Gasteiger partial charge in [-0.1, -0.05) is 10.2 Å². The van der Waals surface area contributed by atoms with Crippen molar-refractivity contribution in [2.75, 3.05) is 138 Å². The van der Waals surface area contributed by atoms with Crippen LogP contribution in [0.2, 0.25) is 0 Å². The lowest BCUT2D eigenvalue weighted by Crippen LogP contribution is -2.47. The molecule has 0 fully saturated rings. The third-order valence-corrected chi connectivity index (χ3v) is 9.06. The highest BCUT2D eigenvalue weighted by Gasteiger charge is 2.26. The van der Waals surface area contributed by atoms with Crippen molar-refractivity contribution in [3.05, 3.63) is 49.7 Å². The predicted molar refractivity (Wildman–Crippen MR) is 239 cm³/mol. The molecule has 0 radical (unpaired) electrons. The molecule has 0 saturated carbocycles. The maximum atomic E-state index is 14.0. The molecule has 0 aromatic heterocycles. The third-order valence-electron chi connectivity index (χ3n) is 9.06. The van der Waals surface area contributed by atoms with Gasteiger partial charge in [0.1, 0.15) is 6.04 Å². The monoisotopic (exact) mass is 1010 g/mol. The van der Waals surface area contributed by atoms with E-state index in [0.717, 1.165) is 6.92 Å². The molecule has 4 N–H and O–H groups in total. The van der Waals surface area contributed by atoms with Crippen LogP contribution in [0.1, 0.15) is 56.9 Å². The summed E-state index contributed by atoms with van der Waals surface area (Å²) in [5.41, 5.74) is 15.6. The highest BCUT2D eigenvalue weighted by atomic mass is 19.2. The number of azide groups is 2. The van der Waals surface area contributed by atoms with Gasteiger partial charge in [-0.25, -0.2) is 13.2 Å². The topological polar surface area (TPSA) is 314 Å². The first kappa shape index (κ1) is 62.6. The number of ether oxygens (including phenoxy) is 9. The van der Waals surface area contributed by atoms with Crippen molar-refractivity contribution in [2.45, 2.75) is 64.3 Å². The van der Waals surface area contributed by atoms with Gasteiger partial charge in [0.05, 0.1) is 112 Å². The van der Waals surface area contributed by atoms with Gasteiger partial charge in [0, 0.05) is 67.4 Å². The van der Waals surface area contributed by atoms with Gasteiger partial charge in [-0.15, -0.1) is 0 Å². The minimum absolute atomic E-state index is 0.0492. The lowest BCUT2D eigenvalue weighted by atomic mass is 10.1. The van der Waals surface area contributed by atoms with Crippen molar-refractivity contribution in [1.82, 2.24) is 21.3 Å². The predicted octanol–water partition coefficient (Wildman–Crippen LogP) is 3.16. The quantitative estimate of drug-likeness (QED) is 0.00840. The van der Waals surface area contributed by atoms with E-state index < -0.39 is 58.9 Å². The molecule has 28 heteroatoms. The van der Waals surface area contributed by atoms with E-state index in [1.165, 1.54) is 0 Å². The molecule has 0 bridgehead atoms. The number of benzene rings is 1. The maximum Gasteiger partial charge on any atom is 0.313 e. The number of amides is 4. The van der Waals surface area contributed by atoms with Crippen LogP contribution in [-0.2, 0) is 61.9 Å². The highest BCUT2D eigenvalue weighted by Crippen LogP contribution is 2.29. The van der Waals surface area contributed by atoms with Crippen LogP contribution >= 0.6 is 0 Å². The first-order valence-electron chi connectivity index (χ1n) is 22.7. The summed E-state index contributed by atoms with van der Waals surface area (Å²) < 4.78 is 102. The Bertz CT molecular complexity index is 1750. The number of nitrogens with zero attached hydrogens (tertiary/aromatic N) is 6. The Morgan fingerprint density at radius 2 is 0.957 bits per heavy atom. The standard InChI is InChI=1S/C42H66F4N10O14/c1-31-37(43)39(45)40(46)41(38(31)44)70-36(60)9-17-64-23-27-68-29-30-69-28-26-65-18-12-51-42(61)32(5-2-3-10-49-33(57)7-15-62-21-24-66-19-13-52-55-47)54-35(59)6-4-11-50-34(58)8-16-63-22-25-67-20-14-53-56-48/h32H,2-30H2,1H3,(H,49,57)(H,50,58)(H,51,61)(H,54,59)/t32-/m0/s1. The van der Waals surface area contributed by atoms with Crippen molar-refractivity contribution >= 4 is 29.6 Å². The van der Waals surface area contributed by atoms with Gasteiger partial charge in [0.25, 0.3) is 0 Å². The molecule has 1 aromatic carbocycles. The minimum atomic E-state index is -1.95. The lowest BCUT2D eigenvalue weighted by molar-refractivity contribution is -0.136. The first-order chi connectivity index (χ1) is 33.9. The molecule has 0 spiro atoms. The Kier molecular flexibility index (Phi) is 38.0. The Morgan fingerprint density at radius 1 is 0.500 bits per heavy atom. The highest BCUT2D eigenvalue weighted by molar-refractivity contribution is 5.87. The minimum Gasteiger partial charge on any atom is -0.420 e. The van der Waals surface area contributed by atoms with Crippen LogP contribution in [-0.4, -0.2) is 174 Å². The molecule has 1 atom stereocenters. The van der Waals surface area contributed by atoms with Gasteiger partial charge >= 0.3 is 5.97 Å². The Morgan fingerprint density at radius 3 is 1.47 bits per heavy atom. The van der Waals surface area contributed by atoms with Crippen LogP contribution in [0.15, 0.2) is 10.2 Å². The molecule has 70 heavy (non-hydrogen) atoms. The van der Waals surface area contributed by atoms with Gasteiger partial charge in [0.2, 0.25) is 35.2 Å². The van der Waals surface area contributed by atoms with E-state index in [2.05, 4.69) is 46.1 Å². The van der Waals surface area contributed by atoms with Crippen LogP contribution in [0.4, 0.5) is 17.6 Å². The summed E-state index contributed by atoms with van der Waals surface area (Å²) in [5.74, 6) is -10.8. The van der Waals surface area contributed by atoms with Crippen molar-refractivity contribution in [3.8, 4) is 5.75 Å². The van der Waals surface area contributed by atoms with Crippen LogP contribution < -0.4 is 26.0 Å². The van der Waals surface area contributed by atoms with E-state index in [-0.39, 0.29) is 162 Å². The number of hydrogen-bond donors (Lipinski definition) is 4. The Hall–Kier alpha value is -5.41. The summed E-state index contributed by atoms with van der Waals surface area (Å²) >= 11 is 0. The van der Waals surface area contributed by atoms with E-state index in [0.29, 0.717) is 39.0 Å². The molecule has 0 unspecified atom stereocenters. The number of nitrogens with one attached hydrogen (secondary N) is 4.